The van der Waals surface area contributed by atoms with Gasteiger partial charge in [-0.1, -0.05) is 63.1 Å². The van der Waals surface area contributed by atoms with Crippen molar-refractivity contribution in [3.05, 3.63) is 112 Å². The van der Waals surface area contributed by atoms with Crippen LogP contribution in [-0.2, 0) is 4.79 Å². The summed E-state index contributed by atoms with van der Waals surface area (Å²) in [5.74, 6) is 1.13. The molecule has 194 valence electrons. The highest BCUT2D eigenvalue weighted by atomic mass is 79.9. The molecule has 0 saturated heterocycles. The average molecular weight is 611 g/mol. The van der Waals surface area contributed by atoms with E-state index in [0.717, 1.165) is 15.6 Å². The first kappa shape index (κ1) is 26.4. The standard InChI is InChI=1S/C29H25BrClN3O3S/c1-4-33(5-2)28(36)25-17(3)32-29-34(26(25)18-9-11-21(31)12-10-18)27(35)24(38-29)16-22-13-14-23(37-22)19-7-6-8-20(30)15-19/h6-16,26H,4-5H2,1-3H3/b24-16+/t26-/m0/s1. The van der Waals surface area contributed by atoms with E-state index in [2.05, 4.69) is 15.9 Å². The molecule has 1 aliphatic heterocycles. The summed E-state index contributed by atoms with van der Waals surface area (Å²) in [4.78, 5) is 34.5. The molecule has 5 rings (SSSR count). The fraction of sp³-hybridized carbons (Fsp3) is 0.207. The van der Waals surface area contributed by atoms with Crippen LogP contribution in [0.4, 0.5) is 0 Å². The molecule has 1 atom stereocenters. The molecule has 1 amide bonds. The molecule has 1 aliphatic rings. The van der Waals surface area contributed by atoms with E-state index in [0.29, 0.717) is 50.2 Å². The molecule has 0 N–H and O–H groups in total. The van der Waals surface area contributed by atoms with Crippen molar-refractivity contribution >= 4 is 50.9 Å². The van der Waals surface area contributed by atoms with Gasteiger partial charge >= 0.3 is 0 Å². The second-order valence-electron chi connectivity index (χ2n) is 8.82. The fourth-order valence-corrected chi connectivity index (χ4v) is 6.15. The minimum absolute atomic E-state index is 0.129. The Labute approximate surface area is 237 Å². The van der Waals surface area contributed by atoms with Crippen LogP contribution in [0.25, 0.3) is 17.4 Å². The van der Waals surface area contributed by atoms with E-state index >= 15 is 0 Å². The molecule has 0 aliphatic carbocycles. The lowest BCUT2D eigenvalue weighted by atomic mass is 9.94. The molecular weight excluding hydrogens is 586 g/mol. The summed E-state index contributed by atoms with van der Waals surface area (Å²) in [6, 6.07) is 18.2. The number of nitrogens with zero attached hydrogens (tertiary/aromatic N) is 3. The number of furan rings is 1. The van der Waals surface area contributed by atoms with E-state index in [-0.39, 0.29) is 11.5 Å². The Kier molecular flexibility index (Phi) is 7.56. The van der Waals surface area contributed by atoms with E-state index < -0.39 is 6.04 Å². The minimum Gasteiger partial charge on any atom is -0.457 e. The zero-order valence-electron chi connectivity index (χ0n) is 21.1. The van der Waals surface area contributed by atoms with E-state index in [9.17, 15) is 9.59 Å². The second-order valence-corrected chi connectivity index (χ2v) is 11.2. The number of allylic oxidation sites excluding steroid dienone is 1. The summed E-state index contributed by atoms with van der Waals surface area (Å²) in [7, 11) is 0. The van der Waals surface area contributed by atoms with Crippen LogP contribution in [0.1, 0.15) is 38.1 Å². The van der Waals surface area contributed by atoms with Gasteiger partial charge in [-0.15, -0.1) is 0 Å². The van der Waals surface area contributed by atoms with Crippen molar-refractivity contribution in [2.24, 2.45) is 4.99 Å². The summed E-state index contributed by atoms with van der Waals surface area (Å²) < 4.78 is 9.09. The molecule has 3 heterocycles. The highest BCUT2D eigenvalue weighted by Crippen LogP contribution is 2.32. The van der Waals surface area contributed by atoms with Gasteiger partial charge in [0, 0.05) is 34.2 Å². The second kappa shape index (κ2) is 10.9. The Hall–Kier alpha value is -3.20. The van der Waals surface area contributed by atoms with Crippen molar-refractivity contribution in [1.29, 1.82) is 0 Å². The maximum atomic E-state index is 13.8. The number of hydrogen-bond acceptors (Lipinski definition) is 5. The number of benzene rings is 2. The topological polar surface area (TPSA) is 67.8 Å². The quantitative estimate of drug-likeness (QED) is 0.278. The third-order valence-electron chi connectivity index (χ3n) is 6.50. The van der Waals surface area contributed by atoms with Gasteiger partial charge in [0.15, 0.2) is 4.80 Å². The molecule has 0 radical (unpaired) electrons. The summed E-state index contributed by atoms with van der Waals surface area (Å²) in [5.41, 5.74) is 2.58. The van der Waals surface area contributed by atoms with Crippen molar-refractivity contribution in [3.63, 3.8) is 0 Å². The number of halogens is 2. The van der Waals surface area contributed by atoms with Crippen molar-refractivity contribution in [3.8, 4) is 11.3 Å². The molecule has 0 fully saturated rings. The van der Waals surface area contributed by atoms with Gasteiger partial charge in [0.25, 0.3) is 11.5 Å². The molecule has 4 aromatic rings. The molecule has 0 spiro atoms. The van der Waals surface area contributed by atoms with Crippen molar-refractivity contribution < 1.29 is 9.21 Å². The van der Waals surface area contributed by atoms with Crippen LogP contribution in [0.15, 0.2) is 90.6 Å². The molecule has 2 aromatic carbocycles. The van der Waals surface area contributed by atoms with Crippen molar-refractivity contribution in [1.82, 2.24) is 9.47 Å². The Morgan fingerprint density at radius 3 is 2.58 bits per heavy atom. The van der Waals surface area contributed by atoms with Gasteiger partial charge in [-0.2, -0.15) is 0 Å². The van der Waals surface area contributed by atoms with Crippen LogP contribution in [0.2, 0.25) is 5.02 Å². The summed E-state index contributed by atoms with van der Waals surface area (Å²) in [5, 5.41) is 0.581. The SMILES string of the molecule is CCN(CC)C(=O)C1=C(C)N=c2s/c(=C/c3ccc(-c4cccc(Br)c4)o3)c(=O)n2[C@H]1c1ccc(Cl)cc1. The van der Waals surface area contributed by atoms with Crippen LogP contribution in [0.5, 0.6) is 0 Å². The highest BCUT2D eigenvalue weighted by molar-refractivity contribution is 9.10. The van der Waals surface area contributed by atoms with Crippen molar-refractivity contribution in [2.75, 3.05) is 13.1 Å². The molecule has 6 nitrogen and oxygen atoms in total. The average Bonchev–Trinajstić information content (AvgIpc) is 3.49. The van der Waals surface area contributed by atoms with Gasteiger partial charge in [0.05, 0.1) is 21.8 Å². The number of amides is 1. The highest BCUT2D eigenvalue weighted by Gasteiger charge is 2.34. The predicted octanol–water partition coefficient (Wildman–Crippen LogP) is 5.78. The smallest absolute Gasteiger partial charge is 0.271 e. The number of rotatable bonds is 6. The van der Waals surface area contributed by atoms with Crippen LogP contribution < -0.4 is 14.9 Å². The Bertz CT molecular complexity index is 1730. The van der Waals surface area contributed by atoms with Crippen LogP contribution in [0.3, 0.4) is 0 Å². The monoisotopic (exact) mass is 609 g/mol. The van der Waals surface area contributed by atoms with Crippen LogP contribution >= 0.6 is 38.9 Å². The Morgan fingerprint density at radius 1 is 1.16 bits per heavy atom. The first-order chi connectivity index (χ1) is 18.3. The lowest BCUT2D eigenvalue weighted by molar-refractivity contribution is -0.127. The van der Waals surface area contributed by atoms with E-state index in [1.54, 1.807) is 27.7 Å². The largest absolute Gasteiger partial charge is 0.457 e. The normalized spacial score (nSPS) is 15.4. The molecule has 0 bridgehead atoms. The number of carbonyl (C=O) groups excluding carboxylic acids is 1. The summed E-state index contributed by atoms with van der Waals surface area (Å²) >= 11 is 10.9. The van der Waals surface area contributed by atoms with Crippen LogP contribution in [0, 0.1) is 0 Å². The summed E-state index contributed by atoms with van der Waals surface area (Å²) in [6.07, 6.45) is 1.73. The first-order valence-electron chi connectivity index (χ1n) is 12.2. The Balaban J connectivity index is 1.65. The fourth-order valence-electron chi connectivity index (χ4n) is 4.59. The Morgan fingerprint density at radius 2 is 1.89 bits per heavy atom. The molecular formula is C29H25BrClN3O3S. The third-order valence-corrected chi connectivity index (χ3v) is 8.23. The zero-order valence-corrected chi connectivity index (χ0v) is 24.2. The van der Waals surface area contributed by atoms with E-state index in [1.807, 2.05) is 69.3 Å². The number of carbonyl (C=O) groups is 1. The molecule has 0 saturated carbocycles. The van der Waals surface area contributed by atoms with Gasteiger partial charge in [0.1, 0.15) is 11.5 Å². The van der Waals surface area contributed by atoms with Gasteiger partial charge in [-0.25, -0.2) is 4.99 Å². The number of fused-ring (bicyclic) bond motifs is 1. The van der Waals surface area contributed by atoms with Gasteiger partial charge in [-0.05, 0) is 62.7 Å². The number of hydrogen-bond donors (Lipinski definition) is 0. The van der Waals surface area contributed by atoms with Crippen LogP contribution in [-0.4, -0.2) is 28.5 Å². The molecule has 38 heavy (non-hydrogen) atoms. The third kappa shape index (κ3) is 4.96. The zero-order chi connectivity index (χ0) is 27.0. The first-order valence-corrected chi connectivity index (χ1v) is 14.2. The predicted molar refractivity (Wildman–Crippen MR) is 155 cm³/mol. The van der Waals surface area contributed by atoms with Gasteiger partial charge in [0.2, 0.25) is 0 Å². The minimum atomic E-state index is -0.618. The maximum Gasteiger partial charge on any atom is 0.271 e. The number of thiazole rings is 1. The number of likely N-dealkylation sites (N-methyl/N-ethyl adjacent to an activating group) is 1. The molecule has 0 unspecified atom stereocenters. The molecule has 9 heteroatoms. The van der Waals surface area contributed by atoms with E-state index in [4.69, 9.17) is 21.0 Å². The van der Waals surface area contributed by atoms with Gasteiger partial charge < -0.3 is 9.32 Å². The van der Waals surface area contributed by atoms with Crippen molar-refractivity contribution in [2.45, 2.75) is 26.8 Å². The lowest BCUT2D eigenvalue weighted by Crippen LogP contribution is -2.43. The van der Waals surface area contributed by atoms with Gasteiger partial charge in [-0.3, -0.25) is 14.2 Å². The maximum absolute atomic E-state index is 13.8. The molecule has 2 aromatic heterocycles. The number of aromatic nitrogens is 1. The lowest BCUT2D eigenvalue weighted by Gasteiger charge is -2.29. The summed E-state index contributed by atoms with van der Waals surface area (Å²) in [6.45, 7) is 6.82. The van der Waals surface area contributed by atoms with E-state index in [1.165, 1.54) is 11.3 Å².